The van der Waals surface area contributed by atoms with Crippen LogP contribution >= 0.6 is 11.3 Å². The topological polar surface area (TPSA) is 59.8 Å². The summed E-state index contributed by atoms with van der Waals surface area (Å²) in [5, 5.41) is 8.28. The molecular formula is C19H16N4OS. The van der Waals surface area contributed by atoms with E-state index in [1.165, 1.54) is 0 Å². The maximum Gasteiger partial charge on any atom is 0.228 e. The monoisotopic (exact) mass is 348 g/mol. The van der Waals surface area contributed by atoms with Crippen LogP contribution < -0.4 is 5.32 Å². The summed E-state index contributed by atoms with van der Waals surface area (Å²) in [6, 6.07) is 15.6. The van der Waals surface area contributed by atoms with Gasteiger partial charge >= 0.3 is 0 Å². The molecule has 4 aromatic rings. The summed E-state index contributed by atoms with van der Waals surface area (Å²) in [5.41, 5.74) is 3.59. The molecule has 5 nitrogen and oxygen atoms in total. The molecule has 0 bridgehead atoms. The molecule has 0 aliphatic rings. The number of nitrogens with zero attached hydrogens (tertiary/aromatic N) is 3. The fourth-order valence-electron chi connectivity index (χ4n) is 2.68. The number of anilines is 1. The van der Waals surface area contributed by atoms with Gasteiger partial charge in [0.1, 0.15) is 0 Å². The quantitative estimate of drug-likeness (QED) is 0.607. The maximum atomic E-state index is 12.3. The van der Waals surface area contributed by atoms with Gasteiger partial charge in [-0.25, -0.2) is 9.67 Å². The first-order chi connectivity index (χ1) is 12.2. The highest BCUT2D eigenvalue weighted by atomic mass is 32.1. The molecule has 1 N–H and O–H groups in total. The van der Waals surface area contributed by atoms with Crippen LogP contribution in [0.25, 0.3) is 15.9 Å². The van der Waals surface area contributed by atoms with Crippen LogP contribution in [0.2, 0.25) is 0 Å². The Hall–Kier alpha value is -2.99. The van der Waals surface area contributed by atoms with E-state index in [0.717, 1.165) is 32.2 Å². The molecule has 4 rings (SSSR count). The molecular weight excluding hydrogens is 332 g/mol. The van der Waals surface area contributed by atoms with E-state index < -0.39 is 0 Å². The zero-order chi connectivity index (χ0) is 17.2. The summed E-state index contributed by atoms with van der Waals surface area (Å²) in [5.74, 6) is -0.0619. The molecule has 0 radical (unpaired) electrons. The molecule has 2 heterocycles. The molecule has 1 amide bonds. The highest BCUT2D eigenvalue weighted by Crippen LogP contribution is 2.24. The van der Waals surface area contributed by atoms with E-state index in [1.807, 2.05) is 61.7 Å². The lowest BCUT2D eigenvalue weighted by Crippen LogP contribution is -2.13. The Labute approximate surface area is 149 Å². The lowest BCUT2D eigenvalue weighted by atomic mass is 10.2. The van der Waals surface area contributed by atoms with Crippen LogP contribution in [0, 0.1) is 6.92 Å². The lowest BCUT2D eigenvalue weighted by Gasteiger charge is -2.04. The molecule has 0 aliphatic heterocycles. The van der Waals surface area contributed by atoms with Crippen LogP contribution in [0.15, 0.2) is 60.9 Å². The van der Waals surface area contributed by atoms with Crippen LogP contribution in [0.5, 0.6) is 0 Å². The van der Waals surface area contributed by atoms with Gasteiger partial charge in [-0.2, -0.15) is 5.10 Å². The van der Waals surface area contributed by atoms with Gasteiger partial charge in [0.2, 0.25) is 5.91 Å². The van der Waals surface area contributed by atoms with E-state index in [9.17, 15) is 4.79 Å². The highest BCUT2D eigenvalue weighted by molar-refractivity contribution is 7.18. The molecule has 2 aromatic heterocycles. The molecule has 0 aliphatic carbocycles. The SMILES string of the molecule is Cc1nc2ccc(NC(=O)Cc3cnn(-c4ccccc4)c3)cc2s1. The Morgan fingerprint density at radius 1 is 1.20 bits per heavy atom. The zero-order valence-electron chi connectivity index (χ0n) is 13.6. The average Bonchev–Trinajstić information content (AvgIpc) is 3.21. The van der Waals surface area contributed by atoms with Crippen LogP contribution in [0.4, 0.5) is 5.69 Å². The van der Waals surface area contributed by atoms with E-state index in [-0.39, 0.29) is 12.3 Å². The van der Waals surface area contributed by atoms with Crippen molar-refractivity contribution in [2.24, 2.45) is 0 Å². The Bertz CT molecular complexity index is 1040. The first-order valence-electron chi connectivity index (χ1n) is 7.93. The molecule has 0 unspecified atom stereocenters. The molecule has 0 spiro atoms. The van der Waals surface area contributed by atoms with E-state index in [1.54, 1.807) is 22.2 Å². The van der Waals surface area contributed by atoms with Crippen LogP contribution in [-0.4, -0.2) is 20.7 Å². The first kappa shape index (κ1) is 15.5. The largest absolute Gasteiger partial charge is 0.326 e. The number of thiazole rings is 1. The minimum absolute atomic E-state index is 0.0619. The van der Waals surface area contributed by atoms with Crippen molar-refractivity contribution in [2.75, 3.05) is 5.32 Å². The molecule has 25 heavy (non-hydrogen) atoms. The van der Waals surface area contributed by atoms with Crippen LogP contribution in [-0.2, 0) is 11.2 Å². The van der Waals surface area contributed by atoms with Crippen molar-refractivity contribution in [3.8, 4) is 5.69 Å². The van der Waals surface area contributed by atoms with Crippen molar-refractivity contribution in [1.82, 2.24) is 14.8 Å². The summed E-state index contributed by atoms with van der Waals surface area (Å²) in [6.45, 7) is 1.98. The van der Waals surface area contributed by atoms with Gasteiger partial charge in [0.05, 0.1) is 33.5 Å². The van der Waals surface area contributed by atoms with Gasteiger partial charge in [0.15, 0.2) is 0 Å². The van der Waals surface area contributed by atoms with E-state index >= 15 is 0 Å². The predicted octanol–water partition coefficient (Wildman–Crippen LogP) is 3.97. The second-order valence-corrected chi connectivity index (χ2v) is 7.00. The number of benzene rings is 2. The Morgan fingerprint density at radius 2 is 2.04 bits per heavy atom. The Morgan fingerprint density at radius 3 is 2.88 bits per heavy atom. The van der Waals surface area contributed by atoms with Crippen LogP contribution in [0.1, 0.15) is 10.6 Å². The van der Waals surface area contributed by atoms with Gasteiger partial charge in [-0.1, -0.05) is 18.2 Å². The molecule has 0 saturated carbocycles. The van der Waals surface area contributed by atoms with E-state index in [2.05, 4.69) is 15.4 Å². The van der Waals surface area contributed by atoms with Crippen molar-refractivity contribution < 1.29 is 4.79 Å². The summed E-state index contributed by atoms with van der Waals surface area (Å²) in [4.78, 5) is 16.7. The van der Waals surface area contributed by atoms with Gasteiger partial charge in [0.25, 0.3) is 0 Å². The van der Waals surface area contributed by atoms with Crippen molar-refractivity contribution in [3.63, 3.8) is 0 Å². The molecule has 124 valence electrons. The summed E-state index contributed by atoms with van der Waals surface area (Å²) in [7, 11) is 0. The fraction of sp³-hybridized carbons (Fsp3) is 0.105. The third-order valence-electron chi connectivity index (χ3n) is 3.80. The Balaban J connectivity index is 1.45. The third-order valence-corrected chi connectivity index (χ3v) is 4.73. The predicted molar refractivity (Wildman–Crippen MR) is 100 cm³/mol. The second-order valence-electron chi connectivity index (χ2n) is 5.77. The van der Waals surface area contributed by atoms with Gasteiger partial charge in [-0.15, -0.1) is 11.3 Å². The standard InChI is InChI=1S/C19H16N4OS/c1-13-21-17-8-7-15(10-18(17)25-13)22-19(24)9-14-11-20-23(12-14)16-5-3-2-4-6-16/h2-8,10-12H,9H2,1H3,(H,22,24). The number of carbonyl (C=O) groups is 1. The van der Waals surface area contributed by atoms with Gasteiger partial charge in [-0.3, -0.25) is 4.79 Å². The van der Waals surface area contributed by atoms with Gasteiger partial charge < -0.3 is 5.32 Å². The summed E-state index contributed by atoms with van der Waals surface area (Å²) in [6.07, 6.45) is 3.89. The summed E-state index contributed by atoms with van der Waals surface area (Å²) < 4.78 is 2.85. The Kier molecular flexibility index (Phi) is 4.03. The minimum atomic E-state index is -0.0619. The molecule has 2 aromatic carbocycles. The fourth-order valence-corrected chi connectivity index (χ4v) is 3.55. The number of rotatable bonds is 4. The summed E-state index contributed by atoms with van der Waals surface area (Å²) >= 11 is 1.62. The molecule has 6 heteroatoms. The average molecular weight is 348 g/mol. The van der Waals surface area contributed by atoms with E-state index in [0.29, 0.717) is 0 Å². The molecule has 0 atom stereocenters. The zero-order valence-corrected chi connectivity index (χ0v) is 14.5. The number of hydrogen-bond acceptors (Lipinski definition) is 4. The number of fused-ring (bicyclic) bond motifs is 1. The minimum Gasteiger partial charge on any atom is -0.326 e. The smallest absolute Gasteiger partial charge is 0.228 e. The lowest BCUT2D eigenvalue weighted by molar-refractivity contribution is -0.115. The van der Waals surface area contributed by atoms with Crippen molar-refractivity contribution in [3.05, 3.63) is 71.5 Å². The number of hydrogen-bond donors (Lipinski definition) is 1. The van der Waals surface area contributed by atoms with E-state index in [4.69, 9.17) is 0 Å². The normalized spacial score (nSPS) is 10.9. The molecule has 0 saturated heterocycles. The van der Waals surface area contributed by atoms with Crippen molar-refractivity contribution in [1.29, 1.82) is 0 Å². The van der Waals surface area contributed by atoms with Crippen molar-refractivity contribution in [2.45, 2.75) is 13.3 Å². The van der Waals surface area contributed by atoms with Gasteiger partial charge in [0, 0.05) is 11.9 Å². The first-order valence-corrected chi connectivity index (χ1v) is 8.75. The molecule has 0 fully saturated rings. The van der Waals surface area contributed by atoms with Crippen LogP contribution in [0.3, 0.4) is 0 Å². The van der Waals surface area contributed by atoms with Gasteiger partial charge in [-0.05, 0) is 42.8 Å². The maximum absolute atomic E-state index is 12.3. The third kappa shape index (κ3) is 3.44. The highest BCUT2D eigenvalue weighted by Gasteiger charge is 2.08. The second kappa shape index (κ2) is 6.49. The number of nitrogens with one attached hydrogen (secondary N) is 1. The number of amides is 1. The van der Waals surface area contributed by atoms with Crippen molar-refractivity contribution >= 4 is 33.1 Å². The number of para-hydroxylation sites is 1. The number of carbonyl (C=O) groups excluding carboxylic acids is 1. The number of aromatic nitrogens is 3. The number of aryl methyl sites for hydroxylation is 1.